The third-order valence-electron chi connectivity index (χ3n) is 4.39. The summed E-state index contributed by atoms with van der Waals surface area (Å²) in [5.74, 6) is -2.76. The number of carbonyl (C=O) groups is 1. The van der Waals surface area contributed by atoms with Gasteiger partial charge in [0.1, 0.15) is 0 Å². The number of aliphatic carboxylic acids is 1. The number of ether oxygens (including phenoxy) is 1. The van der Waals surface area contributed by atoms with E-state index < -0.39 is 22.2 Å². The number of nitrogens with one attached hydrogen (secondary N) is 1. The van der Waals surface area contributed by atoms with Gasteiger partial charge in [0.25, 0.3) is 0 Å². The van der Waals surface area contributed by atoms with Crippen LogP contribution in [-0.2, 0) is 19.6 Å². The van der Waals surface area contributed by atoms with Crippen molar-refractivity contribution in [1.82, 2.24) is 9.62 Å². The Bertz CT molecular complexity index is 547. The highest BCUT2D eigenvalue weighted by molar-refractivity contribution is 7.88. The van der Waals surface area contributed by atoms with Crippen LogP contribution < -0.4 is 5.32 Å². The Hall–Kier alpha value is -0.910. The maximum atomic E-state index is 12.1. The summed E-state index contributed by atoms with van der Waals surface area (Å²) < 4.78 is 63.2. The van der Waals surface area contributed by atoms with Crippen LogP contribution >= 0.6 is 0 Å². The Labute approximate surface area is 145 Å². The van der Waals surface area contributed by atoms with Gasteiger partial charge >= 0.3 is 12.1 Å². The summed E-state index contributed by atoms with van der Waals surface area (Å²) in [7, 11) is -3.16. The summed E-state index contributed by atoms with van der Waals surface area (Å²) in [6.07, 6.45) is -0.0149. The zero-order valence-corrected chi connectivity index (χ0v) is 15.1. The van der Waals surface area contributed by atoms with Gasteiger partial charge in [-0.05, 0) is 45.7 Å². The number of nitrogens with zero attached hydrogens (tertiary/aromatic N) is 1. The summed E-state index contributed by atoms with van der Waals surface area (Å²) in [6.45, 7) is 4.93. The van der Waals surface area contributed by atoms with Gasteiger partial charge in [-0.2, -0.15) is 17.5 Å². The van der Waals surface area contributed by atoms with Crippen molar-refractivity contribution in [3.63, 3.8) is 0 Å². The molecule has 2 aliphatic rings. The van der Waals surface area contributed by atoms with Gasteiger partial charge in [0.05, 0.1) is 12.9 Å². The zero-order valence-electron chi connectivity index (χ0n) is 14.3. The van der Waals surface area contributed by atoms with Gasteiger partial charge in [-0.1, -0.05) is 0 Å². The summed E-state index contributed by atoms with van der Waals surface area (Å²) in [5, 5.41) is 10.4. The van der Waals surface area contributed by atoms with Crippen molar-refractivity contribution < 1.29 is 36.2 Å². The van der Waals surface area contributed by atoms with Gasteiger partial charge in [-0.15, -0.1) is 0 Å². The molecule has 0 aromatic heterocycles. The number of piperidine rings is 1. The molecule has 7 nitrogen and oxygen atoms in total. The molecule has 0 amide bonds. The fourth-order valence-electron chi connectivity index (χ4n) is 3.44. The number of hydrogen-bond acceptors (Lipinski definition) is 5. The summed E-state index contributed by atoms with van der Waals surface area (Å²) in [6, 6.07) is 0.0260. The van der Waals surface area contributed by atoms with Crippen LogP contribution in [0.2, 0.25) is 0 Å². The molecule has 148 valence electrons. The van der Waals surface area contributed by atoms with E-state index >= 15 is 0 Å². The van der Waals surface area contributed by atoms with E-state index in [0.29, 0.717) is 13.2 Å². The van der Waals surface area contributed by atoms with Crippen molar-refractivity contribution in [2.45, 2.75) is 50.4 Å². The fraction of sp³-hybridized carbons (Fsp3) is 0.929. The number of carboxylic acids is 1. The normalized spacial score (nSPS) is 24.0. The molecule has 1 atom stereocenters. The highest BCUT2D eigenvalue weighted by atomic mass is 32.2. The van der Waals surface area contributed by atoms with Crippen LogP contribution in [0.5, 0.6) is 0 Å². The van der Waals surface area contributed by atoms with Gasteiger partial charge in [-0.3, -0.25) is 0 Å². The quantitative estimate of drug-likeness (QED) is 0.749. The predicted molar refractivity (Wildman–Crippen MR) is 84.7 cm³/mol. The predicted octanol–water partition coefficient (Wildman–Crippen LogP) is 1.20. The van der Waals surface area contributed by atoms with Crippen molar-refractivity contribution in [2.24, 2.45) is 0 Å². The van der Waals surface area contributed by atoms with Gasteiger partial charge in [-0.25, -0.2) is 13.2 Å². The second-order valence-corrected chi connectivity index (χ2v) is 8.05. The monoisotopic (exact) mass is 390 g/mol. The van der Waals surface area contributed by atoms with Crippen LogP contribution in [0.25, 0.3) is 0 Å². The third kappa shape index (κ3) is 6.08. The van der Waals surface area contributed by atoms with E-state index in [0.717, 1.165) is 38.8 Å². The second-order valence-electron chi connectivity index (χ2n) is 6.19. The standard InChI is InChI=1S/C12H24N2O3S.C2HF3O2/c1-3-17-10-11-4-5-12(6-8-13-9-7-12)14(11)18(2,15)16;3-2(4,5)1(6)7/h11,13H,3-10H2,1-2H3;(H,6,7). The number of alkyl halides is 3. The lowest BCUT2D eigenvalue weighted by Gasteiger charge is -2.42. The molecule has 0 radical (unpaired) electrons. The first-order valence-electron chi connectivity index (χ1n) is 8.02. The molecule has 2 fully saturated rings. The minimum atomic E-state index is -5.08. The van der Waals surface area contributed by atoms with Crippen molar-refractivity contribution >= 4 is 16.0 Å². The third-order valence-corrected chi connectivity index (χ3v) is 5.79. The Morgan fingerprint density at radius 2 is 1.84 bits per heavy atom. The van der Waals surface area contributed by atoms with Crippen molar-refractivity contribution in [1.29, 1.82) is 0 Å². The molecule has 11 heteroatoms. The summed E-state index contributed by atoms with van der Waals surface area (Å²) in [4.78, 5) is 8.90. The molecular weight excluding hydrogens is 365 g/mol. The van der Waals surface area contributed by atoms with Gasteiger partial charge < -0.3 is 15.2 Å². The smallest absolute Gasteiger partial charge is 0.475 e. The van der Waals surface area contributed by atoms with E-state index in [9.17, 15) is 21.6 Å². The maximum absolute atomic E-state index is 12.1. The van der Waals surface area contributed by atoms with Gasteiger partial charge in [0, 0.05) is 18.2 Å². The Balaban J connectivity index is 0.000000381. The largest absolute Gasteiger partial charge is 0.490 e. The van der Waals surface area contributed by atoms with Gasteiger partial charge in [0.2, 0.25) is 10.0 Å². The summed E-state index contributed by atoms with van der Waals surface area (Å²) in [5.41, 5.74) is -0.152. The number of halogens is 3. The van der Waals surface area contributed by atoms with E-state index in [1.807, 2.05) is 6.92 Å². The van der Waals surface area contributed by atoms with Crippen LogP contribution in [0.4, 0.5) is 13.2 Å². The molecule has 2 N–H and O–H groups in total. The van der Waals surface area contributed by atoms with Gasteiger partial charge in [0.15, 0.2) is 0 Å². The van der Waals surface area contributed by atoms with E-state index in [2.05, 4.69) is 5.32 Å². The average molecular weight is 390 g/mol. The molecule has 0 aromatic carbocycles. The van der Waals surface area contributed by atoms with Crippen LogP contribution in [0.3, 0.4) is 0 Å². The molecular formula is C14H25F3N2O5S. The first kappa shape index (κ1) is 22.1. The van der Waals surface area contributed by atoms with E-state index in [4.69, 9.17) is 14.6 Å². The maximum Gasteiger partial charge on any atom is 0.490 e. The molecule has 0 aromatic rings. The number of rotatable bonds is 4. The Kier molecular flexibility index (Phi) is 7.66. The lowest BCUT2D eigenvalue weighted by Crippen LogP contribution is -2.55. The van der Waals surface area contributed by atoms with E-state index in [-0.39, 0.29) is 11.6 Å². The SMILES string of the molecule is CCOCC1CCC2(CCNCC2)N1S(C)(=O)=O.O=C(O)C(F)(F)F. The minimum Gasteiger partial charge on any atom is -0.475 e. The Morgan fingerprint density at radius 3 is 2.24 bits per heavy atom. The van der Waals surface area contributed by atoms with E-state index in [1.54, 1.807) is 4.31 Å². The lowest BCUT2D eigenvalue weighted by molar-refractivity contribution is -0.192. The molecule has 2 saturated heterocycles. The Morgan fingerprint density at radius 1 is 1.32 bits per heavy atom. The fourth-order valence-corrected chi connectivity index (χ4v) is 5.13. The molecule has 0 bridgehead atoms. The summed E-state index contributed by atoms with van der Waals surface area (Å²) >= 11 is 0. The molecule has 0 saturated carbocycles. The first-order valence-corrected chi connectivity index (χ1v) is 9.87. The number of sulfonamides is 1. The van der Waals surface area contributed by atoms with E-state index in [1.165, 1.54) is 6.26 Å². The minimum absolute atomic E-state index is 0.0260. The highest BCUT2D eigenvalue weighted by Crippen LogP contribution is 2.42. The second kappa shape index (κ2) is 8.65. The van der Waals surface area contributed by atoms with Crippen LogP contribution in [0.15, 0.2) is 0 Å². The lowest BCUT2D eigenvalue weighted by atomic mass is 9.87. The number of carboxylic acid groups (broad SMARTS) is 1. The topological polar surface area (TPSA) is 95.9 Å². The zero-order chi connectivity index (χ0) is 19.3. The highest BCUT2D eigenvalue weighted by Gasteiger charge is 2.50. The van der Waals surface area contributed by atoms with Crippen LogP contribution in [0, 0.1) is 0 Å². The first-order chi connectivity index (χ1) is 11.4. The molecule has 0 aliphatic carbocycles. The van der Waals surface area contributed by atoms with Crippen molar-refractivity contribution in [3.05, 3.63) is 0 Å². The molecule has 2 heterocycles. The molecule has 25 heavy (non-hydrogen) atoms. The van der Waals surface area contributed by atoms with Crippen LogP contribution in [-0.4, -0.2) is 74.1 Å². The van der Waals surface area contributed by atoms with Crippen molar-refractivity contribution in [2.75, 3.05) is 32.6 Å². The van der Waals surface area contributed by atoms with Crippen molar-refractivity contribution in [3.8, 4) is 0 Å². The molecule has 1 unspecified atom stereocenters. The number of hydrogen-bond donors (Lipinski definition) is 2. The molecule has 1 spiro atoms. The molecule has 2 aliphatic heterocycles. The molecule has 2 rings (SSSR count). The average Bonchev–Trinajstić information content (AvgIpc) is 2.83. The van der Waals surface area contributed by atoms with Crippen LogP contribution in [0.1, 0.15) is 32.6 Å².